The van der Waals surface area contributed by atoms with Crippen LogP contribution in [0.1, 0.15) is 44.5 Å². The molecule has 0 radical (unpaired) electrons. The van der Waals surface area contributed by atoms with Crippen LogP contribution in [0.15, 0.2) is 71.3 Å². The fraction of sp³-hybridized carbons (Fsp3) is 0.185. The van der Waals surface area contributed by atoms with Crippen molar-refractivity contribution in [2.75, 3.05) is 7.11 Å². The average molecular weight is 456 g/mol. The van der Waals surface area contributed by atoms with Crippen LogP contribution in [0.5, 0.6) is 23.0 Å². The first-order valence-corrected chi connectivity index (χ1v) is 10.9. The molecule has 1 amide bonds. The van der Waals surface area contributed by atoms with Gasteiger partial charge in [0.15, 0.2) is 11.5 Å². The summed E-state index contributed by atoms with van der Waals surface area (Å²) in [5.74, 6) is 2.93. The van der Waals surface area contributed by atoms with Crippen LogP contribution >= 0.6 is 0 Å². The molecule has 34 heavy (non-hydrogen) atoms. The minimum absolute atomic E-state index is 0.230. The Morgan fingerprint density at radius 3 is 2.26 bits per heavy atom. The number of aryl methyl sites for hydroxylation is 2. The van der Waals surface area contributed by atoms with E-state index in [0.29, 0.717) is 29.4 Å². The Labute approximate surface area is 197 Å². The lowest BCUT2D eigenvalue weighted by Gasteiger charge is -2.28. The summed E-state index contributed by atoms with van der Waals surface area (Å²) >= 11 is 0. The topological polar surface area (TPSA) is 82.8 Å². The lowest BCUT2D eigenvalue weighted by atomic mass is 9.94. The maximum absolute atomic E-state index is 13.3. The molecular weight excluding hydrogens is 432 g/mol. The second-order valence-corrected chi connectivity index (χ2v) is 8.04. The SMILES string of the molecule is COc1cc(C(=O)NC2c3ccccc3Oc3ccccc32)ccc1OCc1c(C)noc1C. The summed E-state index contributed by atoms with van der Waals surface area (Å²) in [4.78, 5) is 13.3. The Balaban J connectivity index is 1.38. The molecule has 0 aliphatic carbocycles. The lowest BCUT2D eigenvalue weighted by molar-refractivity contribution is 0.0941. The maximum Gasteiger partial charge on any atom is 0.252 e. The number of methoxy groups -OCH3 is 1. The van der Waals surface area contributed by atoms with Crippen LogP contribution in [0, 0.1) is 13.8 Å². The number of carbonyl (C=O) groups is 1. The number of carbonyl (C=O) groups excluding carboxylic acids is 1. The Morgan fingerprint density at radius 1 is 0.971 bits per heavy atom. The summed E-state index contributed by atoms with van der Waals surface area (Å²) in [7, 11) is 1.55. The smallest absolute Gasteiger partial charge is 0.252 e. The lowest BCUT2D eigenvalue weighted by Crippen LogP contribution is -2.31. The second kappa shape index (κ2) is 8.94. The molecule has 0 bridgehead atoms. The van der Waals surface area contributed by atoms with Crippen LogP contribution in [0.3, 0.4) is 0 Å². The van der Waals surface area contributed by atoms with Gasteiger partial charge in [0, 0.05) is 16.7 Å². The monoisotopic (exact) mass is 456 g/mol. The van der Waals surface area contributed by atoms with Crippen LogP contribution in [0.2, 0.25) is 0 Å². The van der Waals surface area contributed by atoms with Gasteiger partial charge in [-0.25, -0.2) is 0 Å². The van der Waals surface area contributed by atoms with Gasteiger partial charge in [-0.1, -0.05) is 41.6 Å². The maximum atomic E-state index is 13.3. The Morgan fingerprint density at radius 2 is 1.65 bits per heavy atom. The van der Waals surface area contributed by atoms with Gasteiger partial charge in [-0.3, -0.25) is 4.79 Å². The van der Waals surface area contributed by atoms with Gasteiger partial charge >= 0.3 is 0 Å². The number of nitrogens with zero attached hydrogens (tertiary/aromatic N) is 1. The van der Waals surface area contributed by atoms with Gasteiger partial charge in [0.1, 0.15) is 23.9 Å². The normalized spacial score (nSPS) is 12.3. The van der Waals surface area contributed by atoms with Gasteiger partial charge in [-0.15, -0.1) is 0 Å². The highest BCUT2D eigenvalue weighted by Gasteiger charge is 2.28. The van der Waals surface area contributed by atoms with Crippen LogP contribution in [-0.4, -0.2) is 18.2 Å². The summed E-state index contributed by atoms with van der Waals surface area (Å²) in [6.07, 6.45) is 0. The van der Waals surface area contributed by atoms with Crippen molar-refractivity contribution in [3.8, 4) is 23.0 Å². The highest BCUT2D eigenvalue weighted by molar-refractivity contribution is 5.95. The molecule has 1 aliphatic rings. The molecule has 172 valence electrons. The summed E-state index contributed by atoms with van der Waals surface area (Å²) < 4.78 is 22.7. The number of aromatic nitrogens is 1. The molecule has 3 aromatic carbocycles. The van der Waals surface area contributed by atoms with E-state index >= 15 is 0 Å². The van der Waals surface area contributed by atoms with E-state index in [1.165, 1.54) is 0 Å². The minimum atomic E-state index is -0.338. The third-order valence-electron chi connectivity index (χ3n) is 5.93. The predicted molar refractivity (Wildman–Crippen MR) is 126 cm³/mol. The molecule has 0 saturated carbocycles. The molecule has 4 aromatic rings. The Kier molecular flexibility index (Phi) is 5.67. The highest BCUT2D eigenvalue weighted by atomic mass is 16.5. The summed E-state index contributed by atoms with van der Waals surface area (Å²) in [6, 6.07) is 20.2. The zero-order valence-electron chi connectivity index (χ0n) is 19.1. The van der Waals surface area contributed by atoms with Crippen LogP contribution in [0.25, 0.3) is 0 Å². The standard InChI is InChI=1S/C27H24N2O5/c1-16-21(17(2)34-29-16)15-32-24-13-12-18(14-25(24)31-3)27(30)28-26-19-8-4-6-10-22(19)33-23-11-7-5-9-20(23)26/h4-14,26H,15H2,1-3H3,(H,28,30). The predicted octanol–water partition coefficient (Wildman–Crippen LogP) is 5.50. The van der Waals surface area contributed by atoms with Crippen molar-refractivity contribution in [2.24, 2.45) is 0 Å². The van der Waals surface area contributed by atoms with Gasteiger partial charge in [0.2, 0.25) is 0 Å². The first-order valence-electron chi connectivity index (χ1n) is 10.9. The minimum Gasteiger partial charge on any atom is -0.493 e. The molecular formula is C27H24N2O5. The van der Waals surface area contributed by atoms with E-state index in [1.807, 2.05) is 62.4 Å². The number of fused-ring (bicyclic) bond motifs is 2. The van der Waals surface area contributed by atoms with E-state index in [0.717, 1.165) is 33.9 Å². The molecule has 0 saturated heterocycles. The zero-order chi connectivity index (χ0) is 23.7. The summed E-state index contributed by atoms with van der Waals surface area (Å²) in [6.45, 7) is 4.00. The highest BCUT2D eigenvalue weighted by Crippen LogP contribution is 2.42. The van der Waals surface area contributed by atoms with E-state index in [9.17, 15) is 4.79 Å². The van der Waals surface area contributed by atoms with Crippen LogP contribution in [0.4, 0.5) is 0 Å². The van der Waals surface area contributed by atoms with Crippen molar-refractivity contribution in [1.29, 1.82) is 0 Å². The molecule has 7 heteroatoms. The molecule has 0 unspecified atom stereocenters. The molecule has 1 aromatic heterocycles. The number of nitrogens with one attached hydrogen (secondary N) is 1. The number of benzene rings is 3. The molecule has 5 rings (SSSR count). The molecule has 0 fully saturated rings. The summed E-state index contributed by atoms with van der Waals surface area (Å²) in [5.41, 5.74) is 3.94. The van der Waals surface area contributed by atoms with E-state index in [1.54, 1.807) is 25.3 Å². The molecule has 1 N–H and O–H groups in total. The first kappa shape index (κ1) is 21.6. The third-order valence-corrected chi connectivity index (χ3v) is 5.93. The van der Waals surface area contributed by atoms with E-state index in [4.69, 9.17) is 18.7 Å². The van der Waals surface area contributed by atoms with Crippen molar-refractivity contribution in [3.05, 3.63) is 100 Å². The second-order valence-electron chi connectivity index (χ2n) is 8.04. The fourth-order valence-electron chi connectivity index (χ4n) is 4.07. The Hall–Kier alpha value is -4.26. The van der Waals surface area contributed by atoms with Gasteiger partial charge in [-0.2, -0.15) is 0 Å². The van der Waals surface area contributed by atoms with E-state index in [2.05, 4.69) is 10.5 Å². The van der Waals surface area contributed by atoms with Crippen molar-refractivity contribution in [1.82, 2.24) is 10.5 Å². The van der Waals surface area contributed by atoms with Gasteiger partial charge in [0.05, 0.1) is 24.4 Å². The Bertz CT molecular complexity index is 1300. The average Bonchev–Trinajstić information content (AvgIpc) is 3.19. The van der Waals surface area contributed by atoms with E-state index in [-0.39, 0.29) is 11.9 Å². The molecule has 1 aliphatic heterocycles. The first-order chi connectivity index (χ1) is 16.5. The van der Waals surface area contributed by atoms with Crippen LogP contribution < -0.4 is 19.5 Å². The van der Waals surface area contributed by atoms with Gasteiger partial charge in [-0.05, 0) is 44.2 Å². The van der Waals surface area contributed by atoms with Gasteiger partial charge in [0.25, 0.3) is 5.91 Å². The third kappa shape index (κ3) is 3.96. The molecule has 2 heterocycles. The zero-order valence-corrected chi connectivity index (χ0v) is 19.1. The number of hydrogen-bond acceptors (Lipinski definition) is 6. The number of para-hydroxylation sites is 2. The number of hydrogen-bond donors (Lipinski definition) is 1. The fourth-order valence-corrected chi connectivity index (χ4v) is 4.07. The quantitative estimate of drug-likeness (QED) is 0.412. The van der Waals surface area contributed by atoms with Crippen LogP contribution in [-0.2, 0) is 6.61 Å². The van der Waals surface area contributed by atoms with E-state index < -0.39 is 0 Å². The molecule has 7 nitrogen and oxygen atoms in total. The largest absolute Gasteiger partial charge is 0.493 e. The van der Waals surface area contributed by atoms with Crippen molar-refractivity contribution in [2.45, 2.75) is 26.5 Å². The molecule has 0 spiro atoms. The summed E-state index contributed by atoms with van der Waals surface area (Å²) in [5, 5.41) is 7.10. The number of amides is 1. The van der Waals surface area contributed by atoms with Crippen molar-refractivity contribution >= 4 is 5.91 Å². The van der Waals surface area contributed by atoms with Crippen molar-refractivity contribution in [3.63, 3.8) is 0 Å². The van der Waals surface area contributed by atoms with Gasteiger partial charge < -0.3 is 24.1 Å². The molecule has 0 atom stereocenters. The number of rotatable bonds is 6. The van der Waals surface area contributed by atoms with Crippen molar-refractivity contribution < 1.29 is 23.5 Å². The number of ether oxygens (including phenoxy) is 3.